The lowest BCUT2D eigenvalue weighted by Gasteiger charge is -2.43. The molecule has 1 spiro atoms. The highest BCUT2D eigenvalue weighted by Gasteiger charge is 2.47. The Labute approximate surface area is 113 Å². The number of hydrogen-bond acceptors (Lipinski definition) is 6. The van der Waals surface area contributed by atoms with Crippen molar-refractivity contribution < 1.29 is 29.1 Å². The molecule has 110 valence electrons. The summed E-state index contributed by atoms with van der Waals surface area (Å²) in [7, 11) is 0. The van der Waals surface area contributed by atoms with Gasteiger partial charge in [0.2, 0.25) is 11.6 Å². The molecule has 0 amide bonds. The fourth-order valence-electron chi connectivity index (χ4n) is 2.26. The first kappa shape index (κ1) is 14.7. The van der Waals surface area contributed by atoms with Crippen molar-refractivity contribution in [2.45, 2.75) is 70.4 Å². The molecular formula is C13H22O6. The van der Waals surface area contributed by atoms with Crippen LogP contribution in [0.4, 0.5) is 0 Å². The highest BCUT2D eigenvalue weighted by atomic mass is 17.4. The number of carbonyl (C=O) groups is 1. The van der Waals surface area contributed by atoms with Crippen LogP contribution in [0.5, 0.6) is 0 Å². The van der Waals surface area contributed by atoms with Crippen LogP contribution >= 0.6 is 0 Å². The molecule has 19 heavy (non-hydrogen) atoms. The molecule has 1 saturated heterocycles. The molecule has 2 aliphatic rings. The van der Waals surface area contributed by atoms with Gasteiger partial charge in [0, 0.05) is 19.3 Å². The predicted molar refractivity (Wildman–Crippen MR) is 64.4 cm³/mol. The van der Waals surface area contributed by atoms with Crippen LogP contribution in [0.2, 0.25) is 0 Å². The minimum Gasteiger partial charge on any atom is -0.466 e. The molecular weight excluding hydrogens is 252 g/mol. The average molecular weight is 274 g/mol. The van der Waals surface area contributed by atoms with Crippen molar-refractivity contribution in [3.63, 3.8) is 0 Å². The van der Waals surface area contributed by atoms with Gasteiger partial charge in [-0.25, -0.2) is 0 Å². The Hall–Kier alpha value is -0.690. The third-order valence-electron chi connectivity index (χ3n) is 3.44. The van der Waals surface area contributed by atoms with E-state index < -0.39 is 11.6 Å². The predicted octanol–water partition coefficient (Wildman–Crippen LogP) is 2.62. The minimum absolute atomic E-state index is 0.198. The average Bonchev–Trinajstić information content (AvgIpc) is 2.42. The SMILES string of the molecule is CCOC(=O)CCC1(C)OOC2(CCCCC2)OO1. The lowest BCUT2D eigenvalue weighted by atomic mass is 9.94. The van der Waals surface area contributed by atoms with Crippen molar-refractivity contribution in [3.8, 4) is 0 Å². The second kappa shape index (κ2) is 6.17. The molecule has 6 heteroatoms. The summed E-state index contributed by atoms with van der Waals surface area (Å²) in [6, 6.07) is 0. The fourth-order valence-corrected chi connectivity index (χ4v) is 2.26. The van der Waals surface area contributed by atoms with E-state index in [0.717, 1.165) is 25.7 Å². The molecule has 0 aromatic rings. The molecule has 6 nitrogen and oxygen atoms in total. The zero-order valence-corrected chi connectivity index (χ0v) is 11.6. The van der Waals surface area contributed by atoms with Crippen LogP contribution in [0.25, 0.3) is 0 Å². The quantitative estimate of drug-likeness (QED) is 0.580. The normalized spacial score (nSPS) is 25.2. The van der Waals surface area contributed by atoms with Crippen molar-refractivity contribution in [2.24, 2.45) is 0 Å². The van der Waals surface area contributed by atoms with Crippen LogP contribution in [0.1, 0.15) is 58.8 Å². The van der Waals surface area contributed by atoms with Gasteiger partial charge in [0.1, 0.15) is 0 Å². The maximum atomic E-state index is 11.3. The number of ether oxygens (including phenoxy) is 1. The van der Waals surface area contributed by atoms with Crippen molar-refractivity contribution in [3.05, 3.63) is 0 Å². The third kappa shape index (κ3) is 3.89. The van der Waals surface area contributed by atoms with E-state index in [1.807, 2.05) is 0 Å². The molecule has 0 radical (unpaired) electrons. The second-order valence-electron chi connectivity index (χ2n) is 5.24. The van der Waals surface area contributed by atoms with E-state index >= 15 is 0 Å². The standard InChI is InChI=1S/C13H22O6/c1-3-15-11(14)7-10-12(2)16-18-13(19-17-12)8-5-4-6-9-13/h3-10H2,1-2H3. The van der Waals surface area contributed by atoms with Gasteiger partial charge in [0.15, 0.2) is 0 Å². The first-order valence-corrected chi connectivity index (χ1v) is 6.97. The van der Waals surface area contributed by atoms with Crippen LogP contribution < -0.4 is 0 Å². The second-order valence-corrected chi connectivity index (χ2v) is 5.24. The maximum absolute atomic E-state index is 11.3. The van der Waals surface area contributed by atoms with Gasteiger partial charge in [-0.3, -0.25) is 4.79 Å². The first-order valence-electron chi connectivity index (χ1n) is 6.97. The monoisotopic (exact) mass is 274 g/mol. The molecule has 2 fully saturated rings. The lowest BCUT2D eigenvalue weighted by Crippen LogP contribution is -2.50. The van der Waals surface area contributed by atoms with E-state index in [4.69, 9.17) is 24.3 Å². The summed E-state index contributed by atoms with van der Waals surface area (Å²) >= 11 is 0. The topological polar surface area (TPSA) is 63.2 Å². The molecule has 1 saturated carbocycles. The van der Waals surface area contributed by atoms with E-state index in [-0.39, 0.29) is 12.4 Å². The van der Waals surface area contributed by atoms with Gasteiger partial charge in [-0.1, -0.05) is 6.42 Å². The Kier molecular flexibility index (Phi) is 4.78. The Bertz CT molecular complexity index is 300. The van der Waals surface area contributed by atoms with E-state index in [1.165, 1.54) is 6.42 Å². The Morgan fingerprint density at radius 2 is 1.74 bits per heavy atom. The summed E-state index contributed by atoms with van der Waals surface area (Å²) < 4.78 is 4.86. The maximum Gasteiger partial charge on any atom is 0.305 e. The van der Waals surface area contributed by atoms with Crippen molar-refractivity contribution in [1.29, 1.82) is 0 Å². The van der Waals surface area contributed by atoms with Gasteiger partial charge in [-0.15, -0.1) is 0 Å². The largest absolute Gasteiger partial charge is 0.466 e. The number of carbonyl (C=O) groups excluding carboxylic acids is 1. The lowest BCUT2D eigenvalue weighted by molar-refractivity contribution is -0.657. The van der Waals surface area contributed by atoms with E-state index in [1.54, 1.807) is 13.8 Å². The van der Waals surface area contributed by atoms with Crippen LogP contribution in [-0.4, -0.2) is 24.2 Å². The van der Waals surface area contributed by atoms with Gasteiger partial charge in [0.25, 0.3) is 0 Å². The molecule has 1 aliphatic carbocycles. The highest BCUT2D eigenvalue weighted by molar-refractivity contribution is 5.69. The van der Waals surface area contributed by atoms with E-state index in [2.05, 4.69) is 0 Å². The van der Waals surface area contributed by atoms with Crippen LogP contribution in [0.15, 0.2) is 0 Å². The summed E-state index contributed by atoms with van der Waals surface area (Å²) in [5.41, 5.74) is 0. The molecule has 2 rings (SSSR count). The van der Waals surface area contributed by atoms with Crippen LogP contribution in [0, 0.1) is 0 Å². The summed E-state index contributed by atoms with van der Waals surface area (Å²) in [4.78, 5) is 32.8. The fraction of sp³-hybridized carbons (Fsp3) is 0.923. The number of hydrogen-bond donors (Lipinski definition) is 0. The molecule has 1 aliphatic heterocycles. The number of rotatable bonds is 4. The zero-order valence-electron chi connectivity index (χ0n) is 11.6. The summed E-state index contributed by atoms with van der Waals surface area (Å²) in [5.74, 6) is -2.11. The highest BCUT2D eigenvalue weighted by Crippen LogP contribution is 2.40. The zero-order chi connectivity index (χ0) is 13.8. The van der Waals surface area contributed by atoms with E-state index in [9.17, 15) is 4.79 Å². The van der Waals surface area contributed by atoms with Crippen LogP contribution in [-0.2, 0) is 29.1 Å². The van der Waals surface area contributed by atoms with Crippen molar-refractivity contribution in [2.75, 3.05) is 6.61 Å². The first-order chi connectivity index (χ1) is 9.08. The Morgan fingerprint density at radius 1 is 1.11 bits per heavy atom. The molecule has 1 heterocycles. The van der Waals surface area contributed by atoms with Gasteiger partial charge in [0.05, 0.1) is 13.0 Å². The smallest absolute Gasteiger partial charge is 0.305 e. The third-order valence-corrected chi connectivity index (χ3v) is 3.44. The molecule has 0 N–H and O–H groups in total. The summed E-state index contributed by atoms with van der Waals surface area (Å²) in [6.07, 6.45) is 5.29. The van der Waals surface area contributed by atoms with Crippen molar-refractivity contribution >= 4 is 5.97 Å². The molecule has 0 unspecified atom stereocenters. The summed E-state index contributed by atoms with van der Waals surface area (Å²) in [6.45, 7) is 3.82. The molecule has 0 aromatic carbocycles. The molecule has 0 bridgehead atoms. The van der Waals surface area contributed by atoms with Gasteiger partial charge in [-0.2, -0.15) is 19.6 Å². The van der Waals surface area contributed by atoms with Crippen LogP contribution in [0.3, 0.4) is 0 Å². The van der Waals surface area contributed by atoms with E-state index in [0.29, 0.717) is 13.0 Å². The minimum atomic E-state index is -1.06. The number of esters is 1. The summed E-state index contributed by atoms with van der Waals surface area (Å²) in [5, 5.41) is 0. The molecule has 0 aromatic heterocycles. The van der Waals surface area contributed by atoms with Crippen molar-refractivity contribution in [1.82, 2.24) is 0 Å². The Balaban J connectivity index is 1.78. The van der Waals surface area contributed by atoms with Gasteiger partial charge in [-0.05, 0) is 26.7 Å². The van der Waals surface area contributed by atoms with Gasteiger partial charge >= 0.3 is 5.97 Å². The molecule has 0 atom stereocenters. The Morgan fingerprint density at radius 3 is 2.32 bits per heavy atom. The van der Waals surface area contributed by atoms with Gasteiger partial charge < -0.3 is 4.74 Å².